The van der Waals surface area contributed by atoms with Gasteiger partial charge in [0.25, 0.3) is 0 Å². The van der Waals surface area contributed by atoms with Gasteiger partial charge in [-0.05, 0) is 30.5 Å². The highest BCUT2D eigenvalue weighted by atomic mass is 16.5. The molecule has 0 radical (unpaired) electrons. The normalized spacial score (nSPS) is 10.2. The van der Waals surface area contributed by atoms with Crippen molar-refractivity contribution in [2.75, 3.05) is 20.8 Å². The van der Waals surface area contributed by atoms with Crippen LogP contribution in [0.1, 0.15) is 16.7 Å². The molecule has 2 aromatic carbocycles. The van der Waals surface area contributed by atoms with Gasteiger partial charge in [-0.1, -0.05) is 30.3 Å². The van der Waals surface area contributed by atoms with Crippen molar-refractivity contribution < 1.29 is 14.3 Å². The van der Waals surface area contributed by atoms with Crippen molar-refractivity contribution in [2.24, 2.45) is 0 Å². The number of carbonyl (C=O) groups excluding carboxylic acids is 1. The predicted octanol–water partition coefficient (Wildman–Crippen LogP) is 2.91. The summed E-state index contributed by atoms with van der Waals surface area (Å²) in [6.45, 7) is 2.71. The molecular formula is C19H23NO3. The van der Waals surface area contributed by atoms with Gasteiger partial charge in [-0.15, -0.1) is 0 Å². The summed E-state index contributed by atoms with van der Waals surface area (Å²) in [6, 6.07) is 13.7. The van der Waals surface area contributed by atoms with Crippen molar-refractivity contribution in [1.29, 1.82) is 0 Å². The molecule has 4 nitrogen and oxygen atoms in total. The second-order valence-corrected chi connectivity index (χ2v) is 5.38. The summed E-state index contributed by atoms with van der Waals surface area (Å²) in [7, 11) is 3.20. The Morgan fingerprint density at radius 3 is 2.52 bits per heavy atom. The predicted molar refractivity (Wildman–Crippen MR) is 91.1 cm³/mol. The first-order chi connectivity index (χ1) is 11.1. The van der Waals surface area contributed by atoms with Crippen molar-refractivity contribution in [1.82, 2.24) is 5.32 Å². The summed E-state index contributed by atoms with van der Waals surface area (Å²) in [4.78, 5) is 12.1. The topological polar surface area (TPSA) is 47.6 Å². The van der Waals surface area contributed by atoms with Gasteiger partial charge in [-0.2, -0.15) is 0 Å². The molecule has 0 saturated carbocycles. The third-order valence-electron chi connectivity index (χ3n) is 3.82. The van der Waals surface area contributed by atoms with Gasteiger partial charge in [-0.3, -0.25) is 4.79 Å². The molecule has 0 spiro atoms. The highest BCUT2D eigenvalue weighted by Gasteiger charge is 2.10. The maximum atomic E-state index is 12.1. The van der Waals surface area contributed by atoms with Crippen LogP contribution in [0.25, 0.3) is 0 Å². The molecule has 4 heteroatoms. The molecule has 0 atom stereocenters. The SMILES string of the molecule is COc1ccc(CC(=O)NCCc2ccccc2C)c(OC)c1. The first kappa shape index (κ1) is 16.9. The van der Waals surface area contributed by atoms with Crippen LogP contribution in [0.4, 0.5) is 0 Å². The van der Waals surface area contributed by atoms with Crippen LogP contribution in [-0.2, 0) is 17.6 Å². The molecule has 1 N–H and O–H groups in total. The molecule has 0 bridgehead atoms. The van der Waals surface area contributed by atoms with E-state index < -0.39 is 0 Å². The van der Waals surface area contributed by atoms with Crippen molar-refractivity contribution in [3.63, 3.8) is 0 Å². The second-order valence-electron chi connectivity index (χ2n) is 5.38. The minimum absolute atomic E-state index is 0.0120. The lowest BCUT2D eigenvalue weighted by molar-refractivity contribution is -0.120. The van der Waals surface area contributed by atoms with Crippen LogP contribution in [0.2, 0.25) is 0 Å². The summed E-state index contributed by atoms with van der Waals surface area (Å²) >= 11 is 0. The molecule has 23 heavy (non-hydrogen) atoms. The van der Waals surface area contributed by atoms with Gasteiger partial charge < -0.3 is 14.8 Å². The molecule has 0 heterocycles. The van der Waals surface area contributed by atoms with Crippen LogP contribution >= 0.6 is 0 Å². The van der Waals surface area contributed by atoms with Crippen molar-refractivity contribution in [3.8, 4) is 11.5 Å². The molecule has 2 aromatic rings. The Morgan fingerprint density at radius 2 is 1.83 bits per heavy atom. The Bertz CT molecular complexity index is 667. The van der Waals surface area contributed by atoms with Crippen molar-refractivity contribution >= 4 is 5.91 Å². The van der Waals surface area contributed by atoms with Crippen molar-refractivity contribution in [2.45, 2.75) is 19.8 Å². The van der Waals surface area contributed by atoms with E-state index in [2.05, 4.69) is 24.4 Å². The van der Waals surface area contributed by atoms with Crippen LogP contribution in [0.5, 0.6) is 11.5 Å². The van der Waals surface area contributed by atoms with E-state index in [1.165, 1.54) is 11.1 Å². The molecule has 0 unspecified atom stereocenters. The maximum absolute atomic E-state index is 12.1. The molecule has 0 aromatic heterocycles. The summed E-state index contributed by atoms with van der Waals surface area (Å²) < 4.78 is 10.5. The van der Waals surface area contributed by atoms with Crippen molar-refractivity contribution in [3.05, 3.63) is 59.2 Å². The van der Waals surface area contributed by atoms with Gasteiger partial charge in [0.2, 0.25) is 5.91 Å². The van der Waals surface area contributed by atoms with E-state index in [1.54, 1.807) is 20.3 Å². The van der Waals surface area contributed by atoms with E-state index in [-0.39, 0.29) is 5.91 Å². The smallest absolute Gasteiger partial charge is 0.224 e. The fourth-order valence-electron chi connectivity index (χ4n) is 2.46. The summed E-state index contributed by atoms with van der Waals surface area (Å²) in [6.07, 6.45) is 1.12. The standard InChI is InChI=1S/C19H23NO3/c1-14-6-4-5-7-15(14)10-11-20-19(21)12-16-8-9-17(22-2)13-18(16)23-3/h4-9,13H,10-12H2,1-3H3,(H,20,21). The molecule has 2 rings (SSSR count). The monoisotopic (exact) mass is 313 g/mol. The zero-order valence-corrected chi connectivity index (χ0v) is 13.9. The Morgan fingerprint density at radius 1 is 1.04 bits per heavy atom. The van der Waals surface area contributed by atoms with E-state index in [4.69, 9.17) is 9.47 Å². The lowest BCUT2D eigenvalue weighted by atomic mass is 10.1. The van der Waals surface area contributed by atoms with E-state index in [0.717, 1.165) is 12.0 Å². The van der Waals surface area contributed by atoms with E-state index >= 15 is 0 Å². The average molecular weight is 313 g/mol. The number of ether oxygens (including phenoxy) is 2. The molecule has 0 aliphatic heterocycles. The number of benzene rings is 2. The van der Waals surface area contributed by atoms with E-state index in [9.17, 15) is 4.79 Å². The zero-order valence-electron chi connectivity index (χ0n) is 13.9. The molecule has 122 valence electrons. The molecule has 0 aliphatic carbocycles. The first-order valence-electron chi connectivity index (χ1n) is 7.66. The Hall–Kier alpha value is -2.49. The molecular weight excluding hydrogens is 290 g/mol. The molecule has 0 fully saturated rings. The van der Waals surface area contributed by atoms with Crippen LogP contribution in [0.15, 0.2) is 42.5 Å². The van der Waals surface area contributed by atoms with Gasteiger partial charge in [0.05, 0.1) is 20.6 Å². The Labute approximate surface area is 137 Å². The van der Waals surface area contributed by atoms with Gasteiger partial charge in [0.15, 0.2) is 0 Å². The molecule has 0 saturated heterocycles. The average Bonchev–Trinajstić information content (AvgIpc) is 2.57. The zero-order chi connectivity index (χ0) is 16.7. The molecule has 0 aliphatic rings. The summed E-state index contributed by atoms with van der Waals surface area (Å²) in [5.74, 6) is 1.37. The third kappa shape index (κ3) is 4.74. The Kier molecular flexibility index (Phi) is 6.03. The van der Waals surface area contributed by atoms with Crippen LogP contribution in [0, 0.1) is 6.92 Å². The van der Waals surface area contributed by atoms with Gasteiger partial charge in [0, 0.05) is 18.2 Å². The largest absolute Gasteiger partial charge is 0.497 e. The fraction of sp³-hybridized carbons (Fsp3) is 0.316. The number of nitrogens with one attached hydrogen (secondary N) is 1. The number of hydrogen-bond donors (Lipinski definition) is 1. The lowest BCUT2D eigenvalue weighted by Crippen LogP contribution is -2.27. The minimum Gasteiger partial charge on any atom is -0.497 e. The van der Waals surface area contributed by atoms with E-state index in [0.29, 0.717) is 24.5 Å². The van der Waals surface area contributed by atoms with Gasteiger partial charge in [-0.25, -0.2) is 0 Å². The quantitative estimate of drug-likeness (QED) is 0.855. The number of methoxy groups -OCH3 is 2. The van der Waals surface area contributed by atoms with E-state index in [1.807, 2.05) is 24.3 Å². The summed E-state index contributed by atoms with van der Waals surface area (Å²) in [5, 5.41) is 2.96. The van der Waals surface area contributed by atoms with Crippen LogP contribution in [-0.4, -0.2) is 26.7 Å². The highest BCUT2D eigenvalue weighted by Crippen LogP contribution is 2.24. The fourth-order valence-corrected chi connectivity index (χ4v) is 2.46. The number of hydrogen-bond acceptors (Lipinski definition) is 3. The number of aryl methyl sites for hydroxylation is 1. The first-order valence-corrected chi connectivity index (χ1v) is 7.66. The lowest BCUT2D eigenvalue weighted by Gasteiger charge is -2.11. The summed E-state index contributed by atoms with van der Waals surface area (Å²) in [5.41, 5.74) is 3.36. The van der Waals surface area contributed by atoms with Crippen LogP contribution < -0.4 is 14.8 Å². The second kappa shape index (κ2) is 8.22. The van der Waals surface area contributed by atoms with Crippen LogP contribution in [0.3, 0.4) is 0 Å². The number of carbonyl (C=O) groups is 1. The number of rotatable bonds is 7. The maximum Gasteiger partial charge on any atom is 0.224 e. The molecule has 1 amide bonds. The third-order valence-corrected chi connectivity index (χ3v) is 3.82. The van der Waals surface area contributed by atoms with Gasteiger partial charge >= 0.3 is 0 Å². The van der Waals surface area contributed by atoms with Gasteiger partial charge in [0.1, 0.15) is 11.5 Å². The highest BCUT2D eigenvalue weighted by molar-refractivity contribution is 5.79. The minimum atomic E-state index is -0.0120. The Balaban J connectivity index is 1.89. The number of amides is 1.